The summed E-state index contributed by atoms with van der Waals surface area (Å²) in [6.45, 7) is 0.376. The lowest BCUT2D eigenvalue weighted by Crippen LogP contribution is -2.32. The Hall–Kier alpha value is -2.47. The van der Waals surface area contributed by atoms with E-state index in [1.807, 2.05) is 0 Å². The molecule has 0 aliphatic carbocycles. The molecule has 1 fully saturated rings. The van der Waals surface area contributed by atoms with Crippen molar-refractivity contribution in [3.05, 3.63) is 64.1 Å². The maximum Gasteiger partial charge on any atom is 0.332 e. The normalized spacial score (nSPS) is 14.5. The quantitative estimate of drug-likeness (QED) is 0.611. The van der Waals surface area contributed by atoms with Crippen LogP contribution in [0.5, 0.6) is 0 Å². The van der Waals surface area contributed by atoms with Crippen LogP contribution in [0, 0.1) is 0 Å². The summed E-state index contributed by atoms with van der Waals surface area (Å²) >= 11 is 3.33. The van der Waals surface area contributed by atoms with Gasteiger partial charge in [0.1, 0.15) is 12.8 Å². The molecule has 5 nitrogen and oxygen atoms in total. The average molecular weight is 373 g/mol. The Morgan fingerprint density at radius 3 is 2.26 bits per heavy atom. The summed E-state index contributed by atoms with van der Waals surface area (Å²) in [5, 5.41) is 0. The van der Waals surface area contributed by atoms with Crippen LogP contribution in [-0.2, 0) is 11.3 Å². The van der Waals surface area contributed by atoms with Gasteiger partial charge in [0, 0.05) is 16.6 Å². The van der Waals surface area contributed by atoms with Crippen LogP contribution in [0.4, 0.5) is 10.5 Å². The molecule has 1 aliphatic heterocycles. The first-order chi connectivity index (χ1) is 11.1. The van der Waals surface area contributed by atoms with Crippen LogP contribution in [0.2, 0.25) is 0 Å². The van der Waals surface area contributed by atoms with Gasteiger partial charge in [0.05, 0.1) is 5.69 Å². The highest BCUT2D eigenvalue weighted by atomic mass is 79.9. The maximum atomic E-state index is 12.5. The van der Waals surface area contributed by atoms with Crippen LogP contribution in [0.1, 0.15) is 15.9 Å². The minimum absolute atomic E-state index is 0.0460. The highest BCUT2D eigenvalue weighted by Gasteiger charge is 2.36. The van der Waals surface area contributed by atoms with Crippen LogP contribution in [0.15, 0.2) is 53.0 Å². The molecule has 0 spiro atoms. The van der Waals surface area contributed by atoms with Crippen LogP contribution in [-0.4, -0.2) is 29.7 Å². The van der Waals surface area contributed by atoms with E-state index in [1.165, 1.54) is 9.80 Å². The number of hydrogen-bond acceptors (Lipinski definition) is 3. The fourth-order valence-electron chi connectivity index (χ4n) is 2.44. The number of carbonyl (C=O) groups excluding carboxylic acids is 3. The molecule has 3 rings (SSSR count). The maximum absolute atomic E-state index is 12.5. The molecule has 0 bridgehead atoms. The molecule has 1 aliphatic rings. The van der Waals surface area contributed by atoms with Crippen molar-refractivity contribution in [3.63, 3.8) is 0 Å². The summed E-state index contributed by atoms with van der Waals surface area (Å²) in [6, 6.07) is 13.6. The molecule has 1 saturated heterocycles. The van der Waals surface area contributed by atoms with Crippen molar-refractivity contribution in [2.24, 2.45) is 0 Å². The Morgan fingerprint density at radius 1 is 1.00 bits per heavy atom. The van der Waals surface area contributed by atoms with E-state index in [2.05, 4.69) is 15.9 Å². The lowest BCUT2D eigenvalue weighted by molar-refractivity contribution is -0.116. The van der Waals surface area contributed by atoms with Crippen LogP contribution in [0.25, 0.3) is 0 Å². The van der Waals surface area contributed by atoms with E-state index in [4.69, 9.17) is 0 Å². The first-order valence-corrected chi connectivity index (χ1v) is 7.79. The van der Waals surface area contributed by atoms with E-state index in [0.29, 0.717) is 17.8 Å². The SMILES string of the molecule is O=Cc1ccc(CN2CC(=O)N(c3ccc(Br)cc3)C2=O)cc1. The lowest BCUT2D eigenvalue weighted by atomic mass is 10.1. The Bertz CT molecular complexity index is 756. The first-order valence-electron chi connectivity index (χ1n) is 7.00. The third kappa shape index (κ3) is 3.17. The van der Waals surface area contributed by atoms with Crippen LogP contribution >= 0.6 is 15.9 Å². The van der Waals surface area contributed by atoms with Gasteiger partial charge in [-0.2, -0.15) is 0 Å². The number of anilines is 1. The smallest absolute Gasteiger partial charge is 0.310 e. The zero-order valence-electron chi connectivity index (χ0n) is 12.1. The fourth-order valence-corrected chi connectivity index (χ4v) is 2.70. The van der Waals surface area contributed by atoms with E-state index in [0.717, 1.165) is 16.3 Å². The first kappa shape index (κ1) is 15.4. The van der Waals surface area contributed by atoms with Gasteiger partial charge in [-0.15, -0.1) is 0 Å². The van der Waals surface area contributed by atoms with Crippen LogP contribution in [0.3, 0.4) is 0 Å². The van der Waals surface area contributed by atoms with Gasteiger partial charge in [-0.25, -0.2) is 9.69 Å². The molecule has 2 aromatic carbocycles. The molecule has 23 heavy (non-hydrogen) atoms. The van der Waals surface area contributed by atoms with E-state index in [-0.39, 0.29) is 18.5 Å². The number of amides is 3. The van der Waals surface area contributed by atoms with Gasteiger partial charge in [0.2, 0.25) is 0 Å². The topological polar surface area (TPSA) is 57.7 Å². The van der Waals surface area contributed by atoms with Gasteiger partial charge in [-0.05, 0) is 29.8 Å². The minimum atomic E-state index is -0.336. The molecule has 0 atom stereocenters. The minimum Gasteiger partial charge on any atom is -0.310 e. The van der Waals surface area contributed by atoms with E-state index in [9.17, 15) is 14.4 Å². The lowest BCUT2D eigenvalue weighted by Gasteiger charge is -2.17. The van der Waals surface area contributed by atoms with Crippen molar-refractivity contribution in [3.8, 4) is 0 Å². The van der Waals surface area contributed by atoms with Gasteiger partial charge in [-0.3, -0.25) is 9.59 Å². The molecule has 2 aromatic rings. The van der Waals surface area contributed by atoms with Gasteiger partial charge >= 0.3 is 6.03 Å². The van der Waals surface area contributed by atoms with E-state index in [1.54, 1.807) is 48.5 Å². The number of halogens is 1. The number of benzene rings is 2. The average Bonchev–Trinajstić information content (AvgIpc) is 2.83. The predicted octanol–water partition coefficient (Wildman–Crippen LogP) is 3.23. The summed E-state index contributed by atoms with van der Waals surface area (Å²) in [7, 11) is 0. The molecule has 0 unspecified atom stereocenters. The van der Waals surface area contributed by atoms with Crippen molar-refractivity contribution in [2.75, 3.05) is 11.4 Å². The number of carbonyl (C=O) groups is 3. The summed E-state index contributed by atoms with van der Waals surface area (Å²) in [5.74, 6) is -0.248. The summed E-state index contributed by atoms with van der Waals surface area (Å²) < 4.78 is 0.882. The molecule has 0 radical (unpaired) electrons. The standard InChI is InChI=1S/C17H13BrN2O3/c18-14-5-7-15(8-6-14)20-16(22)10-19(17(20)23)9-12-1-3-13(11-21)4-2-12/h1-8,11H,9-10H2. The number of urea groups is 1. The summed E-state index contributed by atoms with van der Waals surface area (Å²) in [4.78, 5) is 38.0. The van der Waals surface area contributed by atoms with E-state index >= 15 is 0 Å². The van der Waals surface area contributed by atoms with Crippen molar-refractivity contribution in [1.29, 1.82) is 0 Å². The zero-order valence-corrected chi connectivity index (χ0v) is 13.7. The summed E-state index contributed by atoms with van der Waals surface area (Å²) in [6.07, 6.45) is 0.767. The molecular formula is C17H13BrN2O3. The van der Waals surface area contributed by atoms with Crippen LogP contribution < -0.4 is 4.90 Å². The molecule has 0 aromatic heterocycles. The van der Waals surface area contributed by atoms with Gasteiger partial charge in [0.25, 0.3) is 5.91 Å². The number of rotatable bonds is 4. The highest BCUT2D eigenvalue weighted by molar-refractivity contribution is 9.10. The van der Waals surface area contributed by atoms with Gasteiger partial charge < -0.3 is 4.90 Å². The molecule has 116 valence electrons. The summed E-state index contributed by atoms with van der Waals surface area (Å²) in [5.41, 5.74) is 2.01. The molecule has 1 heterocycles. The highest BCUT2D eigenvalue weighted by Crippen LogP contribution is 2.24. The fraction of sp³-hybridized carbons (Fsp3) is 0.118. The molecule has 0 saturated carbocycles. The number of imide groups is 1. The Labute approximate surface area is 141 Å². The van der Waals surface area contributed by atoms with E-state index < -0.39 is 0 Å². The number of nitrogens with zero attached hydrogens (tertiary/aromatic N) is 2. The van der Waals surface area contributed by atoms with Crippen molar-refractivity contribution < 1.29 is 14.4 Å². The third-order valence-corrected chi connectivity index (χ3v) is 4.14. The van der Waals surface area contributed by atoms with Gasteiger partial charge in [-0.1, -0.05) is 40.2 Å². The largest absolute Gasteiger partial charge is 0.332 e. The monoisotopic (exact) mass is 372 g/mol. The van der Waals surface area contributed by atoms with Crippen molar-refractivity contribution in [1.82, 2.24) is 4.90 Å². The number of aldehydes is 1. The van der Waals surface area contributed by atoms with Gasteiger partial charge in [0.15, 0.2) is 0 Å². The van der Waals surface area contributed by atoms with Crippen molar-refractivity contribution >= 4 is 39.8 Å². The molecular weight excluding hydrogens is 360 g/mol. The second kappa shape index (κ2) is 6.34. The second-order valence-electron chi connectivity index (χ2n) is 5.20. The predicted molar refractivity (Wildman–Crippen MR) is 89.3 cm³/mol. The zero-order chi connectivity index (χ0) is 16.4. The third-order valence-electron chi connectivity index (χ3n) is 3.61. The molecule has 6 heteroatoms. The van der Waals surface area contributed by atoms with Crippen molar-refractivity contribution in [2.45, 2.75) is 6.54 Å². The Kier molecular flexibility index (Phi) is 4.25. The number of hydrogen-bond donors (Lipinski definition) is 0. The molecule has 3 amide bonds. The molecule has 0 N–H and O–H groups in total. The Balaban J connectivity index is 1.77. The Morgan fingerprint density at radius 2 is 1.65 bits per heavy atom. The second-order valence-corrected chi connectivity index (χ2v) is 6.12.